The van der Waals surface area contributed by atoms with Crippen molar-refractivity contribution in [3.63, 3.8) is 0 Å². The van der Waals surface area contributed by atoms with Crippen LogP contribution in [0, 0.1) is 0 Å². The molecule has 0 spiro atoms. The second-order valence-electron chi connectivity index (χ2n) is 2.34. The average Bonchev–Trinajstić information content (AvgIpc) is 2.11. The summed E-state index contributed by atoms with van der Waals surface area (Å²) in [5, 5.41) is 0. The highest BCUT2D eigenvalue weighted by molar-refractivity contribution is 5.97. The molecule has 1 unspecified atom stereocenters. The zero-order valence-corrected chi connectivity index (χ0v) is 7.27. The molecule has 0 bridgehead atoms. The molecule has 0 rings (SSSR count). The summed E-state index contributed by atoms with van der Waals surface area (Å²) in [6, 6.07) is -1.75. The van der Waals surface area contributed by atoms with E-state index in [9.17, 15) is 9.59 Å². The fourth-order valence-electron chi connectivity index (χ4n) is 0.698. The van der Waals surface area contributed by atoms with E-state index in [0.29, 0.717) is 0 Å². The smallest absolute Gasteiger partial charge is 0.321 e. The quantitative estimate of drug-likeness (QED) is 0.581. The summed E-state index contributed by atoms with van der Waals surface area (Å²) in [4.78, 5) is 22.8. The van der Waals surface area contributed by atoms with Gasteiger partial charge in [-0.05, 0) is 0 Å². The molecule has 0 aliphatic carbocycles. The number of nitrogens with zero attached hydrogens (tertiary/aromatic N) is 1. The number of primary amides is 1. The molecular weight excluding hydrogens is 170 g/mol. The van der Waals surface area contributed by atoms with Gasteiger partial charge >= 0.3 is 6.03 Å². The maximum Gasteiger partial charge on any atom is 0.321 e. The second kappa shape index (κ2) is 5.10. The Hall–Kier alpha value is -1.62. The number of carbonyl (C=O) groups is 2. The molecule has 5 heteroatoms. The predicted octanol–water partition coefficient (Wildman–Crippen LogP) is -0.407. The van der Waals surface area contributed by atoms with Crippen molar-refractivity contribution >= 4 is 11.9 Å². The van der Waals surface area contributed by atoms with Gasteiger partial charge in [-0.3, -0.25) is 9.69 Å². The Morgan fingerprint density at radius 2 is 2.00 bits per heavy atom. The molecule has 0 aliphatic rings. The number of rotatable bonds is 4. The van der Waals surface area contributed by atoms with E-state index in [2.05, 4.69) is 13.2 Å². The fourth-order valence-corrected chi connectivity index (χ4v) is 0.698. The van der Waals surface area contributed by atoms with E-state index < -0.39 is 18.0 Å². The van der Waals surface area contributed by atoms with Crippen LogP contribution in [-0.2, 0) is 4.79 Å². The van der Waals surface area contributed by atoms with E-state index in [1.165, 1.54) is 12.2 Å². The van der Waals surface area contributed by atoms with Crippen LogP contribution in [0.1, 0.15) is 0 Å². The largest absolute Gasteiger partial charge is 0.351 e. The standard InChI is InChI=1S/C8H13N3O2/c1-3-5-11(8(10)13)7(12)6(9)4-2/h3-4,6H,1-2,5,9H2,(H2,10,13). The van der Waals surface area contributed by atoms with Crippen molar-refractivity contribution < 1.29 is 9.59 Å². The van der Waals surface area contributed by atoms with Gasteiger partial charge in [-0.1, -0.05) is 12.2 Å². The monoisotopic (exact) mass is 183 g/mol. The molecule has 5 nitrogen and oxygen atoms in total. The van der Waals surface area contributed by atoms with Crippen LogP contribution >= 0.6 is 0 Å². The Balaban J connectivity index is 4.53. The lowest BCUT2D eigenvalue weighted by Gasteiger charge is -2.18. The zero-order valence-electron chi connectivity index (χ0n) is 7.27. The topological polar surface area (TPSA) is 89.4 Å². The van der Waals surface area contributed by atoms with Crippen molar-refractivity contribution in [1.29, 1.82) is 0 Å². The van der Waals surface area contributed by atoms with E-state index in [-0.39, 0.29) is 6.54 Å². The summed E-state index contributed by atoms with van der Waals surface area (Å²) in [7, 11) is 0. The second-order valence-corrected chi connectivity index (χ2v) is 2.34. The average molecular weight is 183 g/mol. The lowest BCUT2D eigenvalue weighted by molar-refractivity contribution is -0.128. The molecule has 4 N–H and O–H groups in total. The molecule has 0 aromatic carbocycles. The lowest BCUT2D eigenvalue weighted by atomic mass is 10.2. The van der Waals surface area contributed by atoms with Crippen molar-refractivity contribution in [2.24, 2.45) is 11.5 Å². The van der Waals surface area contributed by atoms with Gasteiger partial charge in [0.25, 0.3) is 5.91 Å². The Morgan fingerprint density at radius 1 is 1.46 bits per heavy atom. The Morgan fingerprint density at radius 3 is 2.31 bits per heavy atom. The Bertz CT molecular complexity index is 238. The Kier molecular flexibility index (Phi) is 4.47. The Labute approximate surface area is 76.7 Å². The fraction of sp³-hybridized carbons (Fsp3) is 0.250. The predicted molar refractivity (Wildman–Crippen MR) is 49.7 cm³/mol. The molecular formula is C8H13N3O2. The van der Waals surface area contributed by atoms with Crippen molar-refractivity contribution in [2.45, 2.75) is 6.04 Å². The van der Waals surface area contributed by atoms with Crippen LogP contribution in [0.4, 0.5) is 4.79 Å². The first-order chi connectivity index (χ1) is 6.04. The molecule has 0 fully saturated rings. The van der Waals surface area contributed by atoms with Gasteiger partial charge in [-0.15, -0.1) is 13.2 Å². The van der Waals surface area contributed by atoms with E-state index >= 15 is 0 Å². The van der Waals surface area contributed by atoms with Gasteiger partial charge in [0.1, 0.15) is 6.04 Å². The van der Waals surface area contributed by atoms with Crippen molar-refractivity contribution in [2.75, 3.05) is 6.54 Å². The summed E-state index contributed by atoms with van der Waals surface area (Å²) >= 11 is 0. The van der Waals surface area contributed by atoms with Gasteiger partial charge in [0.2, 0.25) is 0 Å². The molecule has 72 valence electrons. The number of hydrogen-bond donors (Lipinski definition) is 2. The van der Waals surface area contributed by atoms with E-state index in [0.717, 1.165) is 4.90 Å². The highest BCUT2D eigenvalue weighted by Crippen LogP contribution is 1.94. The number of imide groups is 1. The summed E-state index contributed by atoms with van der Waals surface area (Å²) < 4.78 is 0. The van der Waals surface area contributed by atoms with Crippen molar-refractivity contribution in [3.05, 3.63) is 25.3 Å². The molecule has 1 atom stereocenters. The first kappa shape index (κ1) is 11.4. The van der Waals surface area contributed by atoms with Crippen LogP contribution in [-0.4, -0.2) is 29.4 Å². The summed E-state index contributed by atoms with van der Waals surface area (Å²) in [5.74, 6) is -0.581. The van der Waals surface area contributed by atoms with Gasteiger partial charge in [0, 0.05) is 6.54 Å². The van der Waals surface area contributed by atoms with Crippen LogP contribution < -0.4 is 11.5 Å². The molecule has 0 radical (unpaired) electrons. The molecule has 3 amide bonds. The van der Waals surface area contributed by atoms with Crippen LogP contribution in [0.2, 0.25) is 0 Å². The zero-order chi connectivity index (χ0) is 10.4. The molecule has 0 saturated carbocycles. The summed E-state index contributed by atoms with van der Waals surface area (Å²) in [5.41, 5.74) is 10.3. The lowest BCUT2D eigenvalue weighted by Crippen LogP contribution is -2.48. The number of hydrogen-bond acceptors (Lipinski definition) is 3. The number of nitrogens with two attached hydrogens (primary N) is 2. The molecule has 0 aromatic rings. The minimum Gasteiger partial charge on any atom is -0.351 e. The van der Waals surface area contributed by atoms with Gasteiger partial charge in [-0.2, -0.15) is 0 Å². The van der Waals surface area contributed by atoms with Crippen LogP contribution in [0.3, 0.4) is 0 Å². The number of amides is 3. The minimum atomic E-state index is -0.910. The maximum absolute atomic E-state index is 11.3. The van der Waals surface area contributed by atoms with Gasteiger partial charge in [-0.25, -0.2) is 4.79 Å². The van der Waals surface area contributed by atoms with Crippen LogP contribution in [0.5, 0.6) is 0 Å². The maximum atomic E-state index is 11.3. The van der Waals surface area contributed by atoms with E-state index in [1.54, 1.807) is 0 Å². The number of carbonyl (C=O) groups excluding carboxylic acids is 2. The minimum absolute atomic E-state index is 0.0513. The summed E-state index contributed by atoms with van der Waals surface area (Å²) in [6.45, 7) is 6.77. The SMILES string of the molecule is C=CCN(C(N)=O)C(=O)C(N)C=C. The first-order valence-corrected chi connectivity index (χ1v) is 3.64. The van der Waals surface area contributed by atoms with Crippen LogP contribution in [0.25, 0.3) is 0 Å². The van der Waals surface area contributed by atoms with Gasteiger partial charge < -0.3 is 11.5 Å². The van der Waals surface area contributed by atoms with E-state index in [4.69, 9.17) is 11.5 Å². The molecule has 0 aliphatic heterocycles. The third kappa shape index (κ3) is 3.08. The van der Waals surface area contributed by atoms with E-state index in [1.807, 2.05) is 0 Å². The number of urea groups is 1. The van der Waals surface area contributed by atoms with Crippen molar-refractivity contribution in [3.8, 4) is 0 Å². The van der Waals surface area contributed by atoms with Crippen molar-refractivity contribution in [1.82, 2.24) is 4.90 Å². The molecule has 0 saturated heterocycles. The highest BCUT2D eigenvalue weighted by Gasteiger charge is 2.21. The van der Waals surface area contributed by atoms with Crippen LogP contribution in [0.15, 0.2) is 25.3 Å². The third-order valence-electron chi connectivity index (χ3n) is 1.38. The third-order valence-corrected chi connectivity index (χ3v) is 1.38. The highest BCUT2D eigenvalue weighted by atomic mass is 16.2. The molecule has 13 heavy (non-hydrogen) atoms. The molecule has 0 heterocycles. The van der Waals surface area contributed by atoms with Gasteiger partial charge in [0.15, 0.2) is 0 Å². The normalized spacial score (nSPS) is 11.5. The summed E-state index contributed by atoms with van der Waals surface area (Å²) in [6.07, 6.45) is 2.62. The molecule has 0 aromatic heterocycles. The first-order valence-electron chi connectivity index (χ1n) is 3.64. The van der Waals surface area contributed by atoms with Gasteiger partial charge in [0.05, 0.1) is 0 Å².